The lowest BCUT2D eigenvalue weighted by molar-refractivity contribution is 1.17. The highest BCUT2D eigenvalue weighted by atomic mass is 14.1. The summed E-state index contributed by atoms with van der Waals surface area (Å²) in [5, 5.41) is 0. The molecule has 0 saturated carbocycles. The minimum atomic E-state index is 0.976. The van der Waals surface area contributed by atoms with Crippen molar-refractivity contribution in [3.05, 3.63) is 77.4 Å². The van der Waals surface area contributed by atoms with E-state index in [1.165, 1.54) is 22.3 Å². The Morgan fingerprint density at radius 1 is 1.00 bits per heavy atom. The highest BCUT2D eigenvalue weighted by Crippen LogP contribution is 2.20. The van der Waals surface area contributed by atoms with Crippen LogP contribution in [0.3, 0.4) is 0 Å². The first-order chi connectivity index (χ1) is 8.16. The fourth-order valence-electron chi connectivity index (χ4n) is 2.02. The normalized spacial score (nSPS) is 10.2. The molecule has 0 aliphatic carbocycles. The Balaban J connectivity index is 2.30. The zero-order chi connectivity index (χ0) is 12.3. The number of aryl methyl sites for hydroxylation is 1. The SMILES string of the molecule is C=C(C)c1ccccc1Cc1ccc(C)cc1. The van der Waals surface area contributed by atoms with Crippen molar-refractivity contribution < 1.29 is 0 Å². The summed E-state index contributed by atoms with van der Waals surface area (Å²) in [7, 11) is 0. The summed E-state index contributed by atoms with van der Waals surface area (Å²) >= 11 is 0. The van der Waals surface area contributed by atoms with E-state index >= 15 is 0 Å². The van der Waals surface area contributed by atoms with Gasteiger partial charge in [0.15, 0.2) is 0 Å². The van der Waals surface area contributed by atoms with E-state index in [4.69, 9.17) is 0 Å². The van der Waals surface area contributed by atoms with Gasteiger partial charge in [-0.2, -0.15) is 0 Å². The molecule has 2 rings (SSSR count). The average Bonchev–Trinajstić information content (AvgIpc) is 2.32. The van der Waals surface area contributed by atoms with E-state index in [1.807, 2.05) is 0 Å². The van der Waals surface area contributed by atoms with E-state index in [1.54, 1.807) is 0 Å². The van der Waals surface area contributed by atoms with Crippen molar-refractivity contribution >= 4 is 5.57 Å². The fourth-order valence-corrected chi connectivity index (χ4v) is 2.02. The van der Waals surface area contributed by atoms with Gasteiger partial charge in [0, 0.05) is 0 Å². The van der Waals surface area contributed by atoms with Crippen LogP contribution < -0.4 is 0 Å². The van der Waals surface area contributed by atoms with Gasteiger partial charge in [0.2, 0.25) is 0 Å². The standard InChI is InChI=1S/C17H18/c1-13(2)17-7-5-4-6-16(17)12-15-10-8-14(3)9-11-15/h4-11H,1,12H2,2-3H3. The van der Waals surface area contributed by atoms with Crippen LogP contribution in [0, 0.1) is 6.92 Å². The molecule has 0 bridgehead atoms. The predicted octanol–water partition coefficient (Wildman–Crippen LogP) is 4.62. The lowest BCUT2D eigenvalue weighted by Gasteiger charge is -2.09. The largest absolute Gasteiger partial charge is 0.0955 e. The smallest absolute Gasteiger partial charge is 0.00197 e. The second kappa shape index (κ2) is 5.01. The Bertz CT molecular complexity index is 518. The molecule has 0 aromatic heterocycles. The highest BCUT2D eigenvalue weighted by molar-refractivity contribution is 5.64. The van der Waals surface area contributed by atoms with Crippen LogP contribution in [0.2, 0.25) is 0 Å². The maximum Gasteiger partial charge on any atom is -0.00197 e. The Labute approximate surface area is 104 Å². The van der Waals surface area contributed by atoms with E-state index in [9.17, 15) is 0 Å². The Morgan fingerprint density at radius 2 is 1.65 bits per heavy atom. The van der Waals surface area contributed by atoms with Gasteiger partial charge in [0.1, 0.15) is 0 Å². The molecule has 0 heterocycles. The fraction of sp³-hybridized carbons (Fsp3) is 0.176. The predicted molar refractivity (Wildman–Crippen MR) is 75.1 cm³/mol. The monoisotopic (exact) mass is 222 g/mol. The molecule has 17 heavy (non-hydrogen) atoms. The maximum atomic E-state index is 4.04. The van der Waals surface area contributed by atoms with E-state index in [0.29, 0.717) is 0 Å². The number of benzene rings is 2. The minimum absolute atomic E-state index is 0.976. The summed E-state index contributed by atoms with van der Waals surface area (Å²) in [6, 6.07) is 17.2. The summed E-state index contributed by atoms with van der Waals surface area (Å²) in [6.07, 6.45) is 0.976. The first-order valence-electron chi connectivity index (χ1n) is 5.96. The molecule has 0 aliphatic heterocycles. The van der Waals surface area contributed by atoms with Gasteiger partial charge in [-0.25, -0.2) is 0 Å². The molecule has 0 unspecified atom stereocenters. The van der Waals surface area contributed by atoms with Gasteiger partial charge in [-0.05, 0) is 37.0 Å². The highest BCUT2D eigenvalue weighted by Gasteiger charge is 2.03. The van der Waals surface area contributed by atoms with Crippen LogP contribution in [0.1, 0.15) is 29.2 Å². The summed E-state index contributed by atoms with van der Waals surface area (Å²) < 4.78 is 0. The molecule has 0 spiro atoms. The Hall–Kier alpha value is -1.82. The van der Waals surface area contributed by atoms with Gasteiger partial charge in [0.25, 0.3) is 0 Å². The van der Waals surface area contributed by atoms with Crippen LogP contribution >= 0.6 is 0 Å². The van der Waals surface area contributed by atoms with E-state index < -0.39 is 0 Å². The lowest BCUT2D eigenvalue weighted by Crippen LogP contribution is -1.93. The van der Waals surface area contributed by atoms with Crippen LogP contribution in [0.15, 0.2) is 55.1 Å². The van der Waals surface area contributed by atoms with Gasteiger partial charge in [-0.15, -0.1) is 0 Å². The number of allylic oxidation sites excluding steroid dienone is 1. The molecular formula is C17H18. The van der Waals surface area contributed by atoms with Crippen molar-refractivity contribution in [2.45, 2.75) is 20.3 Å². The van der Waals surface area contributed by atoms with Gasteiger partial charge < -0.3 is 0 Å². The van der Waals surface area contributed by atoms with Gasteiger partial charge in [-0.1, -0.05) is 66.2 Å². The van der Waals surface area contributed by atoms with Crippen LogP contribution in [0.25, 0.3) is 5.57 Å². The van der Waals surface area contributed by atoms with E-state index in [2.05, 4.69) is 69.0 Å². The van der Waals surface area contributed by atoms with Crippen LogP contribution in [0.4, 0.5) is 0 Å². The van der Waals surface area contributed by atoms with Gasteiger partial charge >= 0.3 is 0 Å². The topological polar surface area (TPSA) is 0 Å². The van der Waals surface area contributed by atoms with Crippen molar-refractivity contribution in [1.29, 1.82) is 0 Å². The number of hydrogen-bond donors (Lipinski definition) is 0. The van der Waals surface area contributed by atoms with Crippen molar-refractivity contribution in [2.24, 2.45) is 0 Å². The molecule has 0 nitrogen and oxygen atoms in total. The molecular weight excluding hydrogens is 204 g/mol. The third-order valence-electron chi connectivity index (χ3n) is 2.99. The minimum Gasteiger partial charge on any atom is -0.0955 e. The molecule has 0 amide bonds. The quantitative estimate of drug-likeness (QED) is 0.711. The van der Waals surface area contributed by atoms with Crippen LogP contribution in [-0.2, 0) is 6.42 Å². The Morgan fingerprint density at radius 3 is 2.29 bits per heavy atom. The van der Waals surface area contributed by atoms with Crippen molar-refractivity contribution in [3.8, 4) is 0 Å². The molecule has 86 valence electrons. The molecule has 0 fully saturated rings. The van der Waals surface area contributed by atoms with Crippen LogP contribution in [0.5, 0.6) is 0 Å². The molecule has 0 N–H and O–H groups in total. The number of rotatable bonds is 3. The van der Waals surface area contributed by atoms with Gasteiger partial charge in [0.05, 0.1) is 0 Å². The summed E-state index contributed by atoms with van der Waals surface area (Å²) in [5.41, 5.74) is 6.41. The molecule has 0 aliphatic rings. The van der Waals surface area contributed by atoms with Crippen LogP contribution in [-0.4, -0.2) is 0 Å². The van der Waals surface area contributed by atoms with Gasteiger partial charge in [-0.3, -0.25) is 0 Å². The number of hydrogen-bond acceptors (Lipinski definition) is 0. The van der Waals surface area contributed by atoms with Crippen molar-refractivity contribution in [3.63, 3.8) is 0 Å². The molecule has 2 aromatic carbocycles. The average molecular weight is 222 g/mol. The molecule has 0 radical (unpaired) electrons. The molecule has 0 atom stereocenters. The zero-order valence-corrected chi connectivity index (χ0v) is 10.5. The first kappa shape index (κ1) is 11.7. The van der Waals surface area contributed by atoms with Crippen molar-refractivity contribution in [2.75, 3.05) is 0 Å². The molecule has 0 saturated heterocycles. The van der Waals surface area contributed by atoms with E-state index in [-0.39, 0.29) is 0 Å². The van der Waals surface area contributed by atoms with Crippen molar-refractivity contribution in [1.82, 2.24) is 0 Å². The first-order valence-corrected chi connectivity index (χ1v) is 5.96. The molecule has 2 aromatic rings. The lowest BCUT2D eigenvalue weighted by atomic mass is 9.96. The zero-order valence-electron chi connectivity index (χ0n) is 10.5. The maximum absolute atomic E-state index is 4.04. The molecule has 0 heteroatoms. The van der Waals surface area contributed by atoms with E-state index in [0.717, 1.165) is 12.0 Å². The second-order valence-corrected chi connectivity index (χ2v) is 4.60. The Kier molecular flexibility index (Phi) is 3.43. The third-order valence-corrected chi connectivity index (χ3v) is 2.99. The third kappa shape index (κ3) is 2.85. The summed E-state index contributed by atoms with van der Waals surface area (Å²) in [5.74, 6) is 0. The summed E-state index contributed by atoms with van der Waals surface area (Å²) in [6.45, 7) is 8.22. The summed E-state index contributed by atoms with van der Waals surface area (Å²) in [4.78, 5) is 0. The second-order valence-electron chi connectivity index (χ2n) is 4.60.